The minimum absolute atomic E-state index is 0.402. The van der Waals surface area contributed by atoms with Crippen LogP contribution in [0.4, 0.5) is 5.95 Å². The van der Waals surface area contributed by atoms with Gasteiger partial charge in [-0.3, -0.25) is 0 Å². The van der Waals surface area contributed by atoms with E-state index in [2.05, 4.69) is 74.7 Å². The molecule has 1 heterocycles. The van der Waals surface area contributed by atoms with Crippen LogP contribution in [0.3, 0.4) is 0 Å². The number of nitrogens with one attached hydrogen (secondary N) is 1. The van der Waals surface area contributed by atoms with Gasteiger partial charge >= 0.3 is 0 Å². The summed E-state index contributed by atoms with van der Waals surface area (Å²) in [4.78, 5) is 6.87. The minimum atomic E-state index is 0.402. The molecule has 0 aliphatic heterocycles. The van der Waals surface area contributed by atoms with E-state index < -0.39 is 0 Å². The van der Waals surface area contributed by atoms with Gasteiger partial charge in [0.15, 0.2) is 0 Å². The average molecular weight is 266 g/mol. The molecule has 1 unspecified atom stereocenters. The third-order valence-electron chi connectivity index (χ3n) is 2.98. The number of rotatable bonds is 7. The molecule has 0 aliphatic rings. The molecule has 1 atom stereocenters. The van der Waals surface area contributed by atoms with Crippen LogP contribution >= 0.6 is 0 Å². The van der Waals surface area contributed by atoms with Crippen molar-refractivity contribution in [2.75, 3.05) is 26.0 Å². The van der Waals surface area contributed by atoms with E-state index in [0.29, 0.717) is 18.0 Å². The van der Waals surface area contributed by atoms with Gasteiger partial charge in [-0.1, -0.05) is 13.8 Å². The van der Waals surface area contributed by atoms with Crippen LogP contribution in [-0.4, -0.2) is 41.1 Å². The van der Waals surface area contributed by atoms with E-state index in [0.717, 1.165) is 18.2 Å². The summed E-state index contributed by atoms with van der Waals surface area (Å²) in [6.07, 6.45) is 3.34. The fourth-order valence-corrected chi connectivity index (χ4v) is 2.40. The number of aromatic nitrogens is 2. The lowest BCUT2D eigenvalue weighted by molar-refractivity contribution is 0.290. The molecule has 1 N–H and O–H groups in total. The fourth-order valence-electron chi connectivity index (χ4n) is 2.40. The van der Waals surface area contributed by atoms with Crippen LogP contribution in [0, 0.1) is 12.8 Å². The lowest BCUT2D eigenvalue weighted by Gasteiger charge is -2.26. The van der Waals surface area contributed by atoms with Gasteiger partial charge in [-0.05, 0) is 47.2 Å². The molecule has 110 valence electrons. The molecule has 1 aromatic heterocycles. The zero-order valence-electron chi connectivity index (χ0n) is 13.6. The van der Waals surface area contributed by atoms with Crippen LogP contribution in [0.25, 0.3) is 0 Å². The molecular weight excluding hydrogens is 236 g/mol. The molecule has 19 heavy (non-hydrogen) atoms. The predicted molar refractivity (Wildman–Crippen MR) is 82.8 cm³/mol. The summed E-state index contributed by atoms with van der Waals surface area (Å²) in [5.74, 6) is 1.68. The summed E-state index contributed by atoms with van der Waals surface area (Å²) in [7, 11) is 4.26. The van der Waals surface area contributed by atoms with E-state index in [-0.39, 0.29) is 0 Å². The normalized spacial score (nSPS) is 13.6. The molecule has 0 radical (unpaired) electrons. The quantitative estimate of drug-likeness (QED) is 0.823. The Morgan fingerprint density at radius 1 is 1.26 bits per heavy atom. The van der Waals surface area contributed by atoms with Crippen LogP contribution in [0.2, 0.25) is 0 Å². The minimum Gasteiger partial charge on any atom is -0.353 e. The number of likely N-dealkylation sites (N-methyl/N-ethyl adjacent to an activating group) is 1. The molecule has 0 aromatic carbocycles. The number of anilines is 1. The molecule has 0 bridgehead atoms. The monoisotopic (exact) mass is 266 g/mol. The highest BCUT2D eigenvalue weighted by molar-refractivity contribution is 5.30. The molecule has 1 aromatic rings. The van der Waals surface area contributed by atoms with Crippen molar-refractivity contribution in [1.29, 1.82) is 0 Å². The lowest BCUT2D eigenvalue weighted by Crippen LogP contribution is -2.27. The first-order valence-electron chi connectivity index (χ1n) is 7.26. The maximum atomic E-state index is 4.62. The van der Waals surface area contributed by atoms with Crippen LogP contribution in [0.15, 0.2) is 6.20 Å². The third-order valence-corrected chi connectivity index (χ3v) is 2.98. The van der Waals surface area contributed by atoms with E-state index in [1.165, 1.54) is 6.42 Å². The third kappa shape index (κ3) is 5.23. The van der Waals surface area contributed by atoms with Crippen LogP contribution in [-0.2, 0) is 0 Å². The van der Waals surface area contributed by atoms with Crippen molar-refractivity contribution in [2.24, 2.45) is 5.92 Å². The number of imidazole rings is 1. The molecule has 4 nitrogen and oxygen atoms in total. The van der Waals surface area contributed by atoms with Crippen molar-refractivity contribution in [3.63, 3.8) is 0 Å². The SMILES string of the molecule is Cc1cn(C(CC(C)C)CN(C)C)c(NC(C)C)n1. The summed E-state index contributed by atoms with van der Waals surface area (Å²) in [5.41, 5.74) is 1.08. The van der Waals surface area contributed by atoms with Gasteiger partial charge in [0.1, 0.15) is 0 Å². The standard InChI is InChI=1S/C15H30N4/c1-11(2)8-14(10-18(6)7)19-9-13(5)17-15(19)16-12(3)4/h9,11-12,14H,8,10H2,1-7H3,(H,16,17). The summed E-state index contributed by atoms with van der Waals surface area (Å²) in [5, 5.41) is 3.45. The molecule has 1 rings (SSSR count). The highest BCUT2D eigenvalue weighted by Crippen LogP contribution is 2.23. The molecule has 0 amide bonds. The number of aryl methyl sites for hydroxylation is 1. The van der Waals surface area contributed by atoms with E-state index in [1.54, 1.807) is 0 Å². The number of hydrogen-bond acceptors (Lipinski definition) is 3. The smallest absolute Gasteiger partial charge is 0.203 e. The van der Waals surface area contributed by atoms with Crippen LogP contribution in [0.1, 0.15) is 45.9 Å². The Morgan fingerprint density at radius 2 is 1.89 bits per heavy atom. The van der Waals surface area contributed by atoms with Crippen LogP contribution in [0.5, 0.6) is 0 Å². The van der Waals surface area contributed by atoms with Gasteiger partial charge < -0.3 is 14.8 Å². The van der Waals surface area contributed by atoms with Crippen LogP contribution < -0.4 is 5.32 Å². The lowest BCUT2D eigenvalue weighted by atomic mass is 10.0. The van der Waals surface area contributed by atoms with E-state index in [9.17, 15) is 0 Å². The maximum Gasteiger partial charge on any atom is 0.203 e. The number of nitrogens with zero attached hydrogens (tertiary/aromatic N) is 3. The Hall–Kier alpha value is -1.03. The first-order valence-corrected chi connectivity index (χ1v) is 7.26. The van der Waals surface area contributed by atoms with Gasteiger partial charge in [0.2, 0.25) is 5.95 Å². The Bertz CT molecular complexity index is 369. The fraction of sp³-hybridized carbons (Fsp3) is 0.800. The molecule has 0 fully saturated rings. The van der Waals surface area contributed by atoms with E-state index in [1.807, 2.05) is 0 Å². The second-order valence-electron chi connectivity index (χ2n) is 6.46. The molecule has 0 aliphatic carbocycles. The van der Waals surface area contributed by atoms with Gasteiger partial charge in [0.25, 0.3) is 0 Å². The zero-order chi connectivity index (χ0) is 14.6. The maximum absolute atomic E-state index is 4.62. The van der Waals surface area contributed by atoms with Crippen molar-refractivity contribution in [3.8, 4) is 0 Å². The summed E-state index contributed by atoms with van der Waals surface area (Å²) in [6, 6.07) is 0.872. The van der Waals surface area contributed by atoms with Gasteiger partial charge in [-0.25, -0.2) is 4.98 Å². The van der Waals surface area contributed by atoms with Gasteiger partial charge in [-0.15, -0.1) is 0 Å². The highest BCUT2D eigenvalue weighted by atomic mass is 15.2. The van der Waals surface area contributed by atoms with Gasteiger partial charge in [0, 0.05) is 24.8 Å². The van der Waals surface area contributed by atoms with Crippen molar-refractivity contribution in [3.05, 3.63) is 11.9 Å². The number of hydrogen-bond donors (Lipinski definition) is 1. The van der Waals surface area contributed by atoms with E-state index >= 15 is 0 Å². The van der Waals surface area contributed by atoms with Crippen molar-refractivity contribution < 1.29 is 0 Å². The Balaban J connectivity index is 2.99. The van der Waals surface area contributed by atoms with Gasteiger partial charge in [-0.2, -0.15) is 0 Å². The second kappa shape index (κ2) is 6.94. The van der Waals surface area contributed by atoms with Crippen molar-refractivity contribution in [2.45, 2.75) is 53.1 Å². The Labute approximate surface area is 118 Å². The molecule has 0 saturated carbocycles. The first kappa shape index (κ1) is 16.0. The van der Waals surface area contributed by atoms with Crippen molar-refractivity contribution in [1.82, 2.24) is 14.5 Å². The van der Waals surface area contributed by atoms with Crippen molar-refractivity contribution >= 4 is 5.95 Å². The predicted octanol–water partition coefficient (Wildman–Crippen LogP) is 3.16. The summed E-state index contributed by atoms with van der Waals surface area (Å²) >= 11 is 0. The molecular formula is C15H30N4. The van der Waals surface area contributed by atoms with Gasteiger partial charge in [0.05, 0.1) is 5.69 Å². The summed E-state index contributed by atoms with van der Waals surface area (Å²) < 4.78 is 2.31. The topological polar surface area (TPSA) is 33.1 Å². The molecule has 0 saturated heterocycles. The largest absolute Gasteiger partial charge is 0.353 e. The molecule has 0 spiro atoms. The second-order valence-corrected chi connectivity index (χ2v) is 6.46. The Morgan fingerprint density at radius 3 is 2.37 bits per heavy atom. The van der Waals surface area contributed by atoms with E-state index in [4.69, 9.17) is 0 Å². The Kier molecular flexibility index (Phi) is 5.85. The average Bonchev–Trinajstić information content (AvgIpc) is 2.55. The summed E-state index contributed by atoms with van der Waals surface area (Å²) in [6.45, 7) is 12.0. The zero-order valence-corrected chi connectivity index (χ0v) is 13.6. The molecule has 4 heteroatoms. The first-order chi connectivity index (χ1) is 8.79. The highest BCUT2D eigenvalue weighted by Gasteiger charge is 2.18.